The highest BCUT2D eigenvalue weighted by Gasteiger charge is 2.17. The lowest BCUT2D eigenvalue weighted by molar-refractivity contribution is 0.0689. The minimum absolute atomic E-state index is 0.171. The Morgan fingerprint density at radius 3 is 2.67 bits per heavy atom. The van der Waals surface area contributed by atoms with Crippen molar-refractivity contribution in [1.29, 1.82) is 0 Å². The molecule has 0 saturated carbocycles. The lowest BCUT2D eigenvalue weighted by atomic mass is 10.1. The van der Waals surface area contributed by atoms with Gasteiger partial charge in [0.05, 0.1) is 5.69 Å². The summed E-state index contributed by atoms with van der Waals surface area (Å²) in [4.78, 5) is 10.8. The molecule has 7 heteroatoms. The molecular weight excluding hydrogens is 307 g/mol. The van der Waals surface area contributed by atoms with Crippen LogP contribution in [0.5, 0.6) is 5.75 Å². The van der Waals surface area contributed by atoms with Gasteiger partial charge in [-0.15, -0.1) is 0 Å². The van der Waals surface area contributed by atoms with E-state index in [1.807, 2.05) is 0 Å². The largest absolute Gasteiger partial charge is 0.504 e. The monoisotopic (exact) mass is 314 g/mol. The summed E-state index contributed by atoms with van der Waals surface area (Å²) in [6, 6.07) is 3.87. The third kappa shape index (κ3) is 2.08. The molecule has 94 valence electrons. The summed E-state index contributed by atoms with van der Waals surface area (Å²) >= 11 is 3.11. The van der Waals surface area contributed by atoms with E-state index in [0.717, 1.165) is 6.07 Å². The van der Waals surface area contributed by atoms with E-state index < -0.39 is 17.5 Å². The predicted molar refractivity (Wildman–Crippen MR) is 64.9 cm³/mol. The van der Waals surface area contributed by atoms with Crippen molar-refractivity contribution in [3.8, 4) is 17.0 Å². The van der Waals surface area contributed by atoms with Crippen molar-refractivity contribution in [1.82, 2.24) is 9.78 Å². The van der Waals surface area contributed by atoms with Crippen molar-refractivity contribution in [2.24, 2.45) is 7.05 Å². The number of rotatable bonds is 2. The number of phenolic OH excluding ortho intramolecular Hbond substituents is 1. The minimum Gasteiger partial charge on any atom is -0.504 e. The first-order chi connectivity index (χ1) is 8.40. The van der Waals surface area contributed by atoms with E-state index in [-0.39, 0.29) is 11.3 Å². The highest BCUT2D eigenvalue weighted by atomic mass is 79.9. The SMILES string of the molecule is Cn1nc(C(=O)O)cc1-c1cc(Br)cc(F)c1O. The summed E-state index contributed by atoms with van der Waals surface area (Å²) in [5.74, 6) is -2.53. The van der Waals surface area contributed by atoms with Gasteiger partial charge in [0.15, 0.2) is 17.3 Å². The molecule has 2 aromatic rings. The predicted octanol–water partition coefficient (Wildman–Crippen LogP) is 2.39. The van der Waals surface area contributed by atoms with Crippen LogP contribution in [-0.4, -0.2) is 26.0 Å². The molecule has 2 rings (SSSR count). The van der Waals surface area contributed by atoms with Crippen LogP contribution < -0.4 is 0 Å². The van der Waals surface area contributed by atoms with Gasteiger partial charge in [0.1, 0.15) is 0 Å². The second kappa shape index (κ2) is 4.41. The van der Waals surface area contributed by atoms with E-state index in [2.05, 4.69) is 21.0 Å². The van der Waals surface area contributed by atoms with E-state index in [1.165, 1.54) is 23.9 Å². The molecule has 0 fully saturated rings. The number of phenols is 1. The molecule has 0 saturated heterocycles. The van der Waals surface area contributed by atoms with Crippen LogP contribution in [0.1, 0.15) is 10.5 Å². The molecule has 2 N–H and O–H groups in total. The van der Waals surface area contributed by atoms with Crippen molar-refractivity contribution in [3.63, 3.8) is 0 Å². The zero-order valence-electron chi connectivity index (χ0n) is 9.19. The molecule has 1 aromatic heterocycles. The van der Waals surface area contributed by atoms with Crippen LogP contribution in [0.2, 0.25) is 0 Å². The van der Waals surface area contributed by atoms with E-state index in [4.69, 9.17) is 5.11 Å². The average Bonchev–Trinajstić information content (AvgIpc) is 2.66. The van der Waals surface area contributed by atoms with Gasteiger partial charge in [0, 0.05) is 17.1 Å². The fraction of sp³-hybridized carbons (Fsp3) is 0.0909. The Morgan fingerprint density at radius 1 is 1.44 bits per heavy atom. The van der Waals surface area contributed by atoms with Crippen molar-refractivity contribution < 1.29 is 19.4 Å². The number of hydrogen-bond donors (Lipinski definition) is 2. The van der Waals surface area contributed by atoms with Gasteiger partial charge in [0.2, 0.25) is 0 Å². The minimum atomic E-state index is -1.19. The number of aromatic carboxylic acids is 1. The molecule has 0 unspecified atom stereocenters. The topological polar surface area (TPSA) is 75.4 Å². The molecular formula is C11H8BrFN2O3. The Labute approximate surface area is 110 Å². The van der Waals surface area contributed by atoms with Crippen LogP contribution in [0, 0.1) is 5.82 Å². The molecule has 0 bridgehead atoms. The lowest BCUT2D eigenvalue weighted by Crippen LogP contribution is -1.99. The summed E-state index contributed by atoms with van der Waals surface area (Å²) in [6.07, 6.45) is 0. The van der Waals surface area contributed by atoms with Crippen LogP contribution in [0.3, 0.4) is 0 Å². The number of halogens is 2. The Bertz CT molecular complexity index is 639. The number of nitrogens with zero attached hydrogens (tertiary/aromatic N) is 2. The maximum absolute atomic E-state index is 13.4. The summed E-state index contributed by atoms with van der Waals surface area (Å²) in [5.41, 5.74) is 0.307. The molecule has 0 aliphatic heterocycles. The molecule has 18 heavy (non-hydrogen) atoms. The van der Waals surface area contributed by atoms with Crippen LogP contribution in [0.25, 0.3) is 11.3 Å². The number of carbonyl (C=O) groups is 1. The quantitative estimate of drug-likeness (QED) is 0.892. The standard InChI is InChI=1S/C11H8BrFN2O3/c1-15-9(4-8(14-15)11(17)18)6-2-5(12)3-7(13)10(6)16/h2-4,16H,1H3,(H,17,18). The first kappa shape index (κ1) is 12.6. The molecule has 1 heterocycles. The lowest BCUT2D eigenvalue weighted by Gasteiger charge is -2.06. The second-order valence-electron chi connectivity index (χ2n) is 3.63. The van der Waals surface area contributed by atoms with Gasteiger partial charge in [-0.25, -0.2) is 9.18 Å². The normalized spacial score (nSPS) is 10.6. The van der Waals surface area contributed by atoms with Crippen LogP contribution in [0.15, 0.2) is 22.7 Å². The van der Waals surface area contributed by atoms with Crippen LogP contribution in [0.4, 0.5) is 4.39 Å². The molecule has 0 aliphatic rings. The third-order valence-corrected chi connectivity index (χ3v) is 2.86. The molecule has 5 nitrogen and oxygen atoms in total. The summed E-state index contributed by atoms with van der Waals surface area (Å²) in [6.45, 7) is 0. The summed E-state index contributed by atoms with van der Waals surface area (Å²) in [5, 5.41) is 22.2. The number of benzene rings is 1. The fourth-order valence-electron chi connectivity index (χ4n) is 1.59. The molecule has 0 spiro atoms. The Hall–Kier alpha value is -1.89. The summed E-state index contributed by atoms with van der Waals surface area (Å²) in [7, 11) is 1.51. The Kier molecular flexibility index (Phi) is 3.08. The molecule has 0 aliphatic carbocycles. The van der Waals surface area contributed by atoms with Gasteiger partial charge < -0.3 is 10.2 Å². The maximum Gasteiger partial charge on any atom is 0.356 e. The first-order valence-electron chi connectivity index (χ1n) is 4.86. The van der Waals surface area contributed by atoms with Crippen LogP contribution in [-0.2, 0) is 7.05 Å². The van der Waals surface area contributed by atoms with E-state index in [0.29, 0.717) is 10.2 Å². The van der Waals surface area contributed by atoms with Crippen molar-refractivity contribution >= 4 is 21.9 Å². The Balaban J connectivity index is 2.65. The second-order valence-corrected chi connectivity index (χ2v) is 4.54. The van der Waals surface area contributed by atoms with Gasteiger partial charge >= 0.3 is 5.97 Å². The Morgan fingerprint density at radius 2 is 2.11 bits per heavy atom. The maximum atomic E-state index is 13.4. The van der Waals surface area contributed by atoms with E-state index >= 15 is 0 Å². The molecule has 0 amide bonds. The van der Waals surface area contributed by atoms with E-state index in [9.17, 15) is 14.3 Å². The highest BCUT2D eigenvalue weighted by molar-refractivity contribution is 9.10. The average molecular weight is 315 g/mol. The highest BCUT2D eigenvalue weighted by Crippen LogP contribution is 2.34. The van der Waals surface area contributed by atoms with Crippen molar-refractivity contribution in [2.45, 2.75) is 0 Å². The number of aromatic nitrogens is 2. The summed E-state index contributed by atoms with van der Waals surface area (Å²) < 4.78 is 15.1. The number of aromatic hydroxyl groups is 1. The molecule has 1 aromatic carbocycles. The number of hydrogen-bond acceptors (Lipinski definition) is 3. The van der Waals surface area contributed by atoms with Crippen molar-refractivity contribution in [3.05, 3.63) is 34.2 Å². The molecule has 0 atom stereocenters. The van der Waals surface area contributed by atoms with Gasteiger partial charge in [-0.2, -0.15) is 5.10 Å². The molecule has 0 radical (unpaired) electrons. The number of carboxylic acid groups (broad SMARTS) is 1. The smallest absolute Gasteiger partial charge is 0.356 e. The van der Waals surface area contributed by atoms with E-state index in [1.54, 1.807) is 0 Å². The first-order valence-corrected chi connectivity index (χ1v) is 5.65. The van der Waals surface area contributed by atoms with Crippen molar-refractivity contribution in [2.75, 3.05) is 0 Å². The van der Waals surface area contributed by atoms with Gasteiger partial charge in [0.25, 0.3) is 0 Å². The van der Waals surface area contributed by atoms with Crippen LogP contribution >= 0.6 is 15.9 Å². The number of aryl methyl sites for hydroxylation is 1. The number of carboxylic acids is 1. The van der Waals surface area contributed by atoms with Gasteiger partial charge in [-0.3, -0.25) is 4.68 Å². The zero-order valence-corrected chi connectivity index (χ0v) is 10.8. The zero-order chi connectivity index (χ0) is 13.4. The fourth-order valence-corrected chi connectivity index (χ4v) is 2.01. The van der Waals surface area contributed by atoms with Gasteiger partial charge in [-0.05, 0) is 18.2 Å². The third-order valence-electron chi connectivity index (χ3n) is 2.40. The van der Waals surface area contributed by atoms with Gasteiger partial charge in [-0.1, -0.05) is 15.9 Å².